The van der Waals surface area contributed by atoms with E-state index in [4.69, 9.17) is 4.74 Å². The number of esters is 1. The first-order chi connectivity index (χ1) is 9.24. The topological polar surface area (TPSA) is 51.2 Å². The van der Waals surface area contributed by atoms with Crippen LogP contribution in [0.2, 0.25) is 0 Å². The number of fused-ring (bicyclic) bond motifs is 1. The number of carbonyl (C=O) groups excluding carboxylic acids is 1. The van der Waals surface area contributed by atoms with E-state index >= 15 is 0 Å². The molecule has 0 spiro atoms. The molecule has 1 aliphatic heterocycles. The van der Waals surface area contributed by atoms with Crippen molar-refractivity contribution in [3.8, 4) is 0 Å². The predicted molar refractivity (Wildman–Crippen MR) is 72.5 cm³/mol. The Hall–Kier alpha value is -1.68. The van der Waals surface area contributed by atoms with Crippen LogP contribution in [-0.2, 0) is 16.0 Å². The highest BCUT2D eigenvalue weighted by molar-refractivity contribution is 5.72. The fourth-order valence-electron chi connectivity index (χ4n) is 2.95. The predicted octanol–water partition coefficient (Wildman–Crippen LogP) is 1.70. The van der Waals surface area contributed by atoms with E-state index in [-0.39, 0.29) is 18.1 Å². The molecule has 3 rings (SSSR count). The van der Waals surface area contributed by atoms with E-state index in [1.807, 2.05) is 12.3 Å². The number of carbonyl (C=O) groups is 1. The molecule has 0 amide bonds. The van der Waals surface area contributed by atoms with Gasteiger partial charge in [-0.15, -0.1) is 0 Å². The van der Waals surface area contributed by atoms with Gasteiger partial charge in [0, 0.05) is 25.6 Å². The Morgan fingerprint density at radius 2 is 2.47 bits per heavy atom. The Balaban J connectivity index is 1.71. The van der Waals surface area contributed by atoms with Crippen molar-refractivity contribution in [1.82, 2.24) is 10.3 Å². The van der Waals surface area contributed by atoms with Crippen LogP contribution < -0.4 is 5.32 Å². The first kappa shape index (κ1) is 12.4. The number of ether oxygens (including phenoxy) is 1. The second-order valence-corrected chi connectivity index (χ2v) is 5.13. The summed E-state index contributed by atoms with van der Waals surface area (Å²) < 4.78 is 5.38. The smallest absolute Gasteiger partial charge is 0.302 e. The van der Waals surface area contributed by atoms with Gasteiger partial charge >= 0.3 is 5.97 Å². The molecule has 0 radical (unpaired) electrons. The normalized spacial score (nSPS) is 25.0. The summed E-state index contributed by atoms with van der Waals surface area (Å²) in [6, 6.07) is 4.32. The van der Waals surface area contributed by atoms with Crippen molar-refractivity contribution in [1.29, 1.82) is 0 Å². The Morgan fingerprint density at radius 1 is 1.58 bits per heavy atom. The zero-order valence-corrected chi connectivity index (χ0v) is 11.1. The lowest BCUT2D eigenvalue weighted by molar-refractivity contribution is -0.146. The molecule has 1 aromatic rings. The summed E-state index contributed by atoms with van der Waals surface area (Å²) in [5.74, 6) is -0.193. The maximum atomic E-state index is 11.1. The molecule has 1 aromatic heterocycles. The summed E-state index contributed by atoms with van der Waals surface area (Å²) in [6.45, 7) is 2.39. The lowest BCUT2D eigenvalue weighted by atomic mass is 9.99. The second-order valence-electron chi connectivity index (χ2n) is 5.13. The maximum Gasteiger partial charge on any atom is 0.302 e. The van der Waals surface area contributed by atoms with Gasteiger partial charge in [-0.3, -0.25) is 9.78 Å². The number of hydrogen-bond donors (Lipinski definition) is 1. The van der Waals surface area contributed by atoms with Crippen molar-refractivity contribution in [2.75, 3.05) is 6.54 Å². The molecule has 2 aliphatic rings. The third-order valence-electron chi connectivity index (χ3n) is 3.82. The van der Waals surface area contributed by atoms with E-state index in [2.05, 4.69) is 22.4 Å². The van der Waals surface area contributed by atoms with Gasteiger partial charge in [0.25, 0.3) is 0 Å². The molecule has 19 heavy (non-hydrogen) atoms. The average molecular weight is 258 g/mol. The van der Waals surface area contributed by atoms with Crippen molar-refractivity contribution in [3.05, 3.63) is 35.7 Å². The molecular weight excluding hydrogens is 240 g/mol. The molecule has 2 atom stereocenters. The van der Waals surface area contributed by atoms with Gasteiger partial charge in [0.15, 0.2) is 0 Å². The van der Waals surface area contributed by atoms with Crippen LogP contribution in [0.4, 0.5) is 0 Å². The van der Waals surface area contributed by atoms with Gasteiger partial charge in [0.05, 0.1) is 5.69 Å². The van der Waals surface area contributed by atoms with Crippen molar-refractivity contribution >= 4 is 11.5 Å². The number of nitrogens with one attached hydrogen (secondary N) is 1. The monoisotopic (exact) mass is 258 g/mol. The first-order valence-electron chi connectivity index (χ1n) is 6.78. The minimum absolute atomic E-state index is 0.000813. The highest BCUT2D eigenvalue weighted by Crippen LogP contribution is 2.31. The minimum Gasteiger partial charge on any atom is -0.461 e. The van der Waals surface area contributed by atoms with Crippen molar-refractivity contribution in [3.63, 3.8) is 0 Å². The Kier molecular flexibility index (Phi) is 3.34. The molecule has 1 N–H and O–H groups in total. The molecule has 100 valence electrons. The quantitative estimate of drug-likeness (QED) is 0.838. The van der Waals surface area contributed by atoms with Gasteiger partial charge in [0.2, 0.25) is 0 Å². The summed E-state index contributed by atoms with van der Waals surface area (Å²) in [6.07, 6.45) is 6.79. The summed E-state index contributed by atoms with van der Waals surface area (Å²) in [5, 5.41) is 3.43. The molecule has 1 saturated heterocycles. The number of rotatable bonds is 3. The Morgan fingerprint density at radius 3 is 3.32 bits per heavy atom. The highest BCUT2D eigenvalue weighted by Gasteiger charge is 2.31. The van der Waals surface area contributed by atoms with Gasteiger partial charge in [0.1, 0.15) is 6.10 Å². The average Bonchev–Trinajstić information content (AvgIpc) is 2.98. The largest absolute Gasteiger partial charge is 0.461 e. The Bertz CT molecular complexity index is 525. The van der Waals surface area contributed by atoms with Crippen LogP contribution >= 0.6 is 0 Å². The molecular formula is C15H18N2O2. The van der Waals surface area contributed by atoms with Crippen LogP contribution in [0.3, 0.4) is 0 Å². The third-order valence-corrected chi connectivity index (χ3v) is 3.82. The van der Waals surface area contributed by atoms with Crippen molar-refractivity contribution < 1.29 is 9.53 Å². The van der Waals surface area contributed by atoms with Crippen LogP contribution in [0.5, 0.6) is 0 Å². The molecule has 0 aromatic carbocycles. The maximum absolute atomic E-state index is 11.1. The van der Waals surface area contributed by atoms with Gasteiger partial charge in [-0.2, -0.15) is 0 Å². The second kappa shape index (κ2) is 5.13. The summed E-state index contributed by atoms with van der Waals surface area (Å²) in [7, 11) is 0. The molecule has 1 fully saturated rings. The van der Waals surface area contributed by atoms with Crippen LogP contribution in [0.25, 0.3) is 5.57 Å². The molecule has 2 heterocycles. The van der Waals surface area contributed by atoms with Gasteiger partial charge in [-0.1, -0.05) is 12.1 Å². The summed E-state index contributed by atoms with van der Waals surface area (Å²) >= 11 is 0. The SMILES string of the molecule is CC(=O)O[C@H]1CCN[C@@H]1CC1=CCc2ncccc21. The molecule has 0 saturated carbocycles. The first-order valence-corrected chi connectivity index (χ1v) is 6.78. The summed E-state index contributed by atoms with van der Waals surface area (Å²) in [4.78, 5) is 15.5. The Labute approximate surface area is 112 Å². The van der Waals surface area contributed by atoms with E-state index in [1.165, 1.54) is 18.1 Å². The van der Waals surface area contributed by atoms with E-state index in [1.54, 1.807) is 0 Å². The van der Waals surface area contributed by atoms with Crippen LogP contribution in [-0.4, -0.2) is 29.6 Å². The molecule has 4 nitrogen and oxygen atoms in total. The van der Waals surface area contributed by atoms with Gasteiger partial charge < -0.3 is 10.1 Å². The molecule has 0 bridgehead atoms. The number of aromatic nitrogens is 1. The van der Waals surface area contributed by atoms with E-state index in [9.17, 15) is 4.79 Å². The van der Waals surface area contributed by atoms with Crippen LogP contribution in [0.1, 0.15) is 31.0 Å². The van der Waals surface area contributed by atoms with Crippen LogP contribution in [0.15, 0.2) is 24.4 Å². The highest BCUT2D eigenvalue weighted by atomic mass is 16.5. The fourth-order valence-corrected chi connectivity index (χ4v) is 2.95. The van der Waals surface area contributed by atoms with Gasteiger partial charge in [-0.05, 0) is 36.6 Å². The van der Waals surface area contributed by atoms with E-state index in [0.29, 0.717) is 0 Å². The number of pyridine rings is 1. The molecule has 1 aliphatic carbocycles. The van der Waals surface area contributed by atoms with Crippen molar-refractivity contribution in [2.45, 2.75) is 38.3 Å². The number of nitrogens with zero attached hydrogens (tertiary/aromatic N) is 1. The molecule has 4 heteroatoms. The lowest BCUT2D eigenvalue weighted by Crippen LogP contribution is -2.33. The fraction of sp³-hybridized carbons (Fsp3) is 0.467. The zero-order valence-electron chi connectivity index (χ0n) is 11.1. The standard InChI is InChI=1S/C15H18N2O2/c1-10(18)19-15-6-8-17-14(15)9-11-4-5-13-12(11)3-2-7-16-13/h2-4,7,14-15,17H,5-6,8-9H2,1H3/t14-,15+/m1/s1. The molecule has 0 unspecified atom stereocenters. The number of allylic oxidation sites excluding steroid dienone is 1. The summed E-state index contributed by atoms with van der Waals surface area (Å²) in [5.41, 5.74) is 3.72. The minimum atomic E-state index is -0.193. The van der Waals surface area contributed by atoms with E-state index < -0.39 is 0 Å². The van der Waals surface area contributed by atoms with E-state index in [0.717, 1.165) is 31.5 Å². The van der Waals surface area contributed by atoms with Gasteiger partial charge in [-0.25, -0.2) is 0 Å². The van der Waals surface area contributed by atoms with Crippen LogP contribution in [0, 0.1) is 0 Å². The lowest BCUT2D eigenvalue weighted by Gasteiger charge is -2.20. The third kappa shape index (κ3) is 2.54. The van der Waals surface area contributed by atoms with Crippen molar-refractivity contribution in [2.24, 2.45) is 0 Å². The number of hydrogen-bond acceptors (Lipinski definition) is 4. The zero-order chi connectivity index (χ0) is 13.2.